The van der Waals surface area contributed by atoms with Crippen LogP contribution >= 0.6 is 0 Å². The van der Waals surface area contributed by atoms with E-state index < -0.39 is 28.2 Å². The lowest BCUT2D eigenvalue weighted by Crippen LogP contribution is -2.44. The Kier molecular flexibility index (Phi) is 22.0. The quantitative estimate of drug-likeness (QED) is 0.0573. The first-order valence-electron chi connectivity index (χ1n) is 17.0. The molecule has 2 atom stereocenters. The third-order valence-corrected chi connectivity index (χ3v) is 8.67. The van der Waals surface area contributed by atoms with Crippen LogP contribution < -0.4 is 0 Å². The van der Waals surface area contributed by atoms with Crippen molar-refractivity contribution in [2.75, 3.05) is 26.9 Å². The SMILES string of the molecule is CCCCCCCCCCCCCCCCCCOC(=O)C(C)(CC(C)(C)C(=O)OCCO)CC(C)(CC)C(=O)OC. The van der Waals surface area contributed by atoms with Gasteiger partial charge in [0.15, 0.2) is 0 Å². The molecular weight excluding hydrogens is 532 g/mol. The van der Waals surface area contributed by atoms with Gasteiger partial charge in [0.2, 0.25) is 0 Å². The molecule has 0 aromatic rings. The first-order chi connectivity index (χ1) is 19.9. The number of hydrogen-bond acceptors (Lipinski definition) is 7. The van der Waals surface area contributed by atoms with E-state index in [0.717, 1.165) is 19.3 Å². The Bertz CT molecular complexity index is 735. The van der Waals surface area contributed by atoms with Crippen molar-refractivity contribution in [2.45, 2.75) is 164 Å². The molecule has 0 aromatic carbocycles. The molecule has 0 heterocycles. The van der Waals surface area contributed by atoms with E-state index in [1.54, 1.807) is 27.7 Å². The number of carbonyl (C=O) groups is 3. The van der Waals surface area contributed by atoms with Crippen molar-refractivity contribution in [1.29, 1.82) is 0 Å². The third-order valence-electron chi connectivity index (χ3n) is 8.67. The van der Waals surface area contributed by atoms with Crippen molar-refractivity contribution >= 4 is 17.9 Å². The van der Waals surface area contributed by atoms with Crippen molar-refractivity contribution in [3.05, 3.63) is 0 Å². The number of ether oxygens (including phenoxy) is 3. The summed E-state index contributed by atoms with van der Waals surface area (Å²) in [5.41, 5.74) is -3.01. The molecule has 2 unspecified atom stereocenters. The van der Waals surface area contributed by atoms with Crippen molar-refractivity contribution in [2.24, 2.45) is 16.2 Å². The molecule has 0 bridgehead atoms. The van der Waals surface area contributed by atoms with Gasteiger partial charge in [-0.05, 0) is 53.4 Å². The number of esters is 3. The number of rotatable bonds is 27. The van der Waals surface area contributed by atoms with Gasteiger partial charge < -0.3 is 19.3 Å². The van der Waals surface area contributed by atoms with E-state index in [4.69, 9.17) is 19.3 Å². The Morgan fingerprint density at radius 2 is 0.976 bits per heavy atom. The van der Waals surface area contributed by atoms with Crippen molar-refractivity contribution in [3.63, 3.8) is 0 Å². The fraction of sp³-hybridized carbons (Fsp3) is 0.914. The summed E-state index contributed by atoms with van der Waals surface area (Å²) in [6, 6.07) is 0. The maximum Gasteiger partial charge on any atom is 0.311 e. The fourth-order valence-corrected chi connectivity index (χ4v) is 6.03. The van der Waals surface area contributed by atoms with E-state index in [0.29, 0.717) is 13.0 Å². The van der Waals surface area contributed by atoms with Gasteiger partial charge in [-0.15, -0.1) is 0 Å². The standard InChI is InChI=1S/C35H66O7/c1-8-10-11-12-13-14-15-16-17-18-19-20-21-22-23-24-26-41-32(39)35(6,29-34(5,9-2)31(38)40-7)28-33(3,4)30(37)42-27-25-36/h36H,8-29H2,1-7H3. The number of aliphatic hydroxyl groups is 1. The molecular formula is C35H66O7. The van der Waals surface area contributed by atoms with Gasteiger partial charge in [-0.25, -0.2) is 0 Å². The summed E-state index contributed by atoms with van der Waals surface area (Å²) in [6.45, 7) is 11.1. The molecule has 0 spiro atoms. The highest BCUT2D eigenvalue weighted by molar-refractivity contribution is 5.82. The van der Waals surface area contributed by atoms with Crippen LogP contribution in [-0.4, -0.2) is 49.9 Å². The molecule has 1 N–H and O–H groups in total. The number of methoxy groups -OCH3 is 1. The molecule has 0 fully saturated rings. The Morgan fingerprint density at radius 3 is 1.38 bits per heavy atom. The highest BCUT2D eigenvalue weighted by Gasteiger charge is 2.49. The molecule has 0 rings (SSSR count). The Morgan fingerprint density at radius 1 is 0.548 bits per heavy atom. The highest BCUT2D eigenvalue weighted by atomic mass is 16.5. The highest BCUT2D eigenvalue weighted by Crippen LogP contribution is 2.45. The summed E-state index contributed by atoms with van der Waals surface area (Å²) in [6.07, 6.45) is 21.3. The predicted molar refractivity (Wildman–Crippen MR) is 170 cm³/mol. The molecule has 0 saturated heterocycles. The van der Waals surface area contributed by atoms with Crippen molar-refractivity contribution in [1.82, 2.24) is 0 Å². The molecule has 0 aromatic heterocycles. The summed E-state index contributed by atoms with van der Waals surface area (Å²) < 4.78 is 16.0. The van der Waals surface area contributed by atoms with Crippen LogP contribution in [0.5, 0.6) is 0 Å². The Balaban J connectivity index is 4.58. The Hall–Kier alpha value is -1.63. The van der Waals surface area contributed by atoms with Crippen LogP contribution in [0.15, 0.2) is 0 Å². The van der Waals surface area contributed by atoms with Crippen LogP contribution in [-0.2, 0) is 28.6 Å². The van der Waals surface area contributed by atoms with E-state index in [9.17, 15) is 14.4 Å². The van der Waals surface area contributed by atoms with Gasteiger partial charge in [0.1, 0.15) is 6.61 Å². The smallest absolute Gasteiger partial charge is 0.311 e. The third kappa shape index (κ3) is 16.9. The predicted octanol–water partition coefficient (Wildman–Crippen LogP) is 8.73. The van der Waals surface area contributed by atoms with Crippen LogP contribution in [0, 0.1) is 16.2 Å². The van der Waals surface area contributed by atoms with Gasteiger partial charge in [-0.2, -0.15) is 0 Å². The van der Waals surface area contributed by atoms with Gasteiger partial charge in [0, 0.05) is 0 Å². The minimum atomic E-state index is -1.10. The van der Waals surface area contributed by atoms with Crippen molar-refractivity contribution < 1.29 is 33.7 Å². The summed E-state index contributed by atoms with van der Waals surface area (Å²) >= 11 is 0. The lowest BCUT2D eigenvalue weighted by molar-refractivity contribution is -0.168. The second kappa shape index (κ2) is 22.8. The van der Waals surface area contributed by atoms with Crippen LogP contribution in [0.25, 0.3) is 0 Å². The lowest BCUT2D eigenvalue weighted by atomic mass is 9.65. The molecule has 0 radical (unpaired) electrons. The van der Waals surface area contributed by atoms with Crippen LogP contribution in [0.3, 0.4) is 0 Å². The van der Waals surface area contributed by atoms with Crippen LogP contribution in [0.2, 0.25) is 0 Å². The van der Waals surface area contributed by atoms with E-state index >= 15 is 0 Å². The van der Waals surface area contributed by atoms with E-state index in [1.165, 1.54) is 90.6 Å². The largest absolute Gasteiger partial charge is 0.469 e. The normalized spacial score (nSPS) is 14.6. The first kappa shape index (κ1) is 40.4. The van der Waals surface area contributed by atoms with Gasteiger partial charge in [-0.3, -0.25) is 14.4 Å². The average molecular weight is 599 g/mol. The maximum absolute atomic E-state index is 13.5. The molecule has 0 aliphatic rings. The second-order valence-corrected chi connectivity index (χ2v) is 13.5. The molecule has 42 heavy (non-hydrogen) atoms. The number of unbranched alkanes of at least 4 members (excludes halogenated alkanes) is 15. The number of carbonyl (C=O) groups excluding carboxylic acids is 3. The van der Waals surface area contributed by atoms with Gasteiger partial charge in [0.05, 0.1) is 36.6 Å². The van der Waals surface area contributed by atoms with Crippen LogP contribution in [0.4, 0.5) is 0 Å². The van der Waals surface area contributed by atoms with E-state index in [-0.39, 0.29) is 32.0 Å². The minimum absolute atomic E-state index is 0.0997. The molecule has 0 aliphatic heterocycles. The molecule has 7 heteroatoms. The second-order valence-electron chi connectivity index (χ2n) is 13.5. The van der Waals surface area contributed by atoms with E-state index in [1.807, 2.05) is 6.92 Å². The van der Waals surface area contributed by atoms with Crippen LogP contribution in [0.1, 0.15) is 164 Å². The molecule has 248 valence electrons. The molecule has 7 nitrogen and oxygen atoms in total. The summed E-state index contributed by atoms with van der Waals surface area (Å²) in [4.78, 5) is 38.8. The minimum Gasteiger partial charge on any atom is -0.469 e. The molecule has 0 aliphatic carbocycles. The number of hydrogen-bond donors (Lipinski definition) is 1. The topological polar surface area (TPSA) is 99.1 Å². The zero-order valence-corrected chi connectivity index (χ0v) is 28.5. The summed E-state index contributed by atoms with van der Waals surface area (Å²) in [5.74, 6) is -1.29. The first-order valence-corrected chi connectivity index (χ1v) is 17.0. The maximum atomic E-state index is 13.5. The van der Waals surface area contributed by atoms with Gasteiger partial charge >= 0.3 is 17.9 Å². The zero-order valence-electron chi connectivity index (χ0n) is 28.5. The fourth-order valence-electron chi connectivity index (χ4n) is 6.03. The Labute approximate surface area is 258 Å². The van der Waals surface area contributed by atoms with Gasteiger partial charge in [0.25, 0.3) is 0 Å². The summed E-state index contributed by atoms with van der Waals surface area (Å²) in [5, 5.41) is 9.05. The zero-order chi connectivity index (χ0) is 31.9. The average Bonchev–Trinajstić information content (AvgIpc) is 2.96. The van der Waals surface area contributed by atoms with E-state index in [2.05, 4.69) is 6.92 Å². The lowest BCUT2D eigenvalue weighted by Gasteiger charge is -2.39. The van der Waals surface area contributed by atoms with Crippen molar-refractivity contribution in [3.8, 4) is 0 Å². The van der Waals surface area contributed by atoms with Gasteiger partial charge in [-0.1, -0.05) is 110 Å². The molecule has 0 amide bonds. The summed E-state index contributed by atoms with van der Waals surface area (Å²) in [7, 11) is 1.35. The monoisotopic (exact) mass is 598 g/mol. The molecule has 0 saturated carbocycles. The number of aliphatic hydroxyl groups excluding tert-OH is 1.